The normalized spacial score (nSPS) is 27.8. The summed E-state index contributed by atoms with van der Waals surface area (Å²) < 4.78 is 28.5. The van der Waals surface area contributed by atoms with E-state index < -0.39 is 12.7 Å². The summed E-state index contributed by atoms with van der Waals surface area (Å²) in [7, 11) is 0. The van der Waals surface area contributed by atoms with Gasteiger partial charge in [0.25, 0.3) is 0 Å². The number of ether oxygens (including phenoxy) is 1. The van der Waals surface area contributed by atoms with Crippen LogP contribution in [0.5, 0.6) is 5.75 Å². The Bertz CT molecular complexity index is 438. The largest absolute Gasteiger partial charge is 0.435 e. The number of nitrogens with two attached hydrogens (primary N) is 1. The van der Waals surface area contributed by atoms with E-state index in [0.717, 1.165) is 19.3 Å². The lowest BCUT2D eigenvalue weighted by molar-refractivity contribution is -0.0499. The van der Waals surface area contributed by atoms with Crippen molar-refractivity contribution in [2.45, 2.75) is 38.9 Å². The lowest BCUT2D eigenvalue weighted by Crippen LogP contribution is -2.34. The topological polar surface area (TPSA) is 55.5 Å². The van der Waals surface area contributed by atoms with Gasteiger partial charge < -0.3 is 15.6 Å². The van der Waals surface area contributed by atoms with E-state index in [9.17, 15) is 13.9 Å². The first-order valence-corrected chi connectivity index (χ1v) is 6.90. The predicted octanol–water partition coefficient (Wildman–Crippen LogP) is 3.09. The minimum atomic E-state index is -2.84. The lowest BCUT2D eigenvalue weighted by atomic mass is 9.77. The van der Waals surface area contributed by atoms with Crippen LogP contribution in [-0.4, -0.2) is 18.3 Å². The molecule has 0 aromatic heterocycles. The average molecular weight is 285 g/mol. The second kappa shape index (κ2) is 6.06. The van der Waals surface area contributed by atoms with Crippen LogP contribution in [0.3, 0.4) is 0 Å². The Morgan fingerprint density at radius 2 is 2.05 bits per heavy atom. The first kappa shape index (κ1) is 15.2. The third kappa shape index (κ3) is 3.10. The van der Waals surface area contributed by atoms with E-state index in [1.807, 2.05) is 0 Å². The first-order valence-electron chi connectivity index (χ1n) is 6.90. The van der Waals surface area contributed by atoms with E-state index in [4.69, 9.17) is 5.73 Å². The molecule has 20 heavy (non-hydrogen) atoms. The number of benzene rings is 1. The molecule has 3 unspecified atom stereocenters. The van der Waals surface area contributed by atoms with Crippen molar-refractivity contribution in [1.82, 2.24) is 0 Å². The maximum atomic E-state index is 12.1. The van der Waals surface area contributed by atoms with Gasteiger partial charge in [-0.3, -0.25) is 0 Å². The first-order chi connectivity index (χ1) is 9.47. The summed E-state index contributed by atoms with van der Waals surface area (Å²) in [5.74, 6) is 0.646. The third-order valence-corrected chi connectivity index (χ3v) is 4.30. The van der Waals surface area contributed by atoms with Gasteiger partial charge in [0.15, 0.2) is 0 Å². The van der Waals surface area contributed by atoms with Gasteiger partial charge in [-0.2, -0.15) is 8.78 Å². The molecular weight excluding hydrogens is 264 g/mol. The summed E-state index contributed by atoms with van der Waals surface area (Å²) in [4.78, 5) is 0. The van der Waals surface area contributed by atoms with E-state index in [-0.39, 0.29) is 11.2 Å². The van der Waals surface area contributed by atoms with Gasteiger partial charge in [0, 0.05) is 12.0 Å². The Hall–Kier alpha value is -1.20. The summed E-state index contributed by atoms with van der Waals surface area (Å²) in [5, 5.41) is 10.6. The molecule has 0 spiro atoms. The molecular formula is C15H21F2NO2. The highest BCUT2D eigenvalue weighted by molar-refractivity contribution is 5.29. The van der Waals surface area contributed by atoms with Gasteiger partial charge in [0.2, 0.25) is 0 Å². The van der Waals surface area contributed by atoms with Crippen molar-refractivity contribution in [3.63, 3.8) is 0 Å². The summed E-state index contributed by atoms with van der Waals surface area (Å²) >= 11 is 0. The van der Waals surface area contributed by atoms with Crippen molar-refractivity contribution in [3.05, 3.63) is 29.8 Å². The van der Waals surface area contributed by atoms with Gasteiger partial charge in [-0.05, 0) is 36.5 Å². The summed E-state index contributed by atoms with van der Waals surface area (Å²) in [5.41, 5.74) is 6.28. The van der Waals surface area contributed by atoms with Gasteiger partial charge in [-0.1, -0.05) is 25.5 Å². The molecule has 3 N–H and O–H groups in total. The Labute approximate surface area is 117 Å². The molecule has 0 radical (unpaired) electrons. The second-order valence-corrected chi connectivity index (χ2v) is 5.76. The number of aliphatic hydroxyl groups excluding tert-OH is 1. The van der Waals surface area contributed by atoms with Crippen LogP contribution in [0.4, 0.5) is 8.78 Å². The van der Waals surface area contributed by atoms with E-state index in [2.05, 4.69) is 11.7 Å². The molecule has 5 heteroatoms. The molecule has 2 rings (SSSR count). The molecule has 1 aliphatic carbocycles. The van der Waals surface area contributed by atoms with Crippen molar-refractivity contribution in [2.75, 3.05) is 6.54 Å². The highest BCUT2D eigenvalue weighted by Crippen LogP contribution is 2.49. The molecule has 0 heterocycles. The summed E-state index contributed by atoms with van der Waals surface area (Å²) in [6, 6.07) is 6.16. The Kier molecular flexibility index (Phi) is 4.60. The second-order valence-electron chi connectivity index (χ2n) is 5.76. The number of hydrogen-bond acceptors (Lipinski definition) is 3. The molecule has 112 valence electrons. The highest BCUT2D eigenvalue weighted by atomic mass is 19.3. The molecule has 1 aromatic rings. The van der Waals surface area contributed by atoms with Gasteiger partial charge in [-0.25, -0.2) is 0 Å². The van der Waals surface area contributed by atoms with Crippen LogP contribution in [-0.2, 0) is 0 Å². The standard InChI is InChI=1S/C15H21F2NO2/c1-10-6-7-15(8-10,9-18)13(19)11-2-4-12(5-3-11)20-14(16)17/h2-5,10,13-14,19H,6-9,18H2,1H3. The SMILES string of the molecule is CC1CCC(CN)(C(O)c2ccc(OC(F)F)cc2)C1. The molecule has 0 amide bonds. The number of rotatable bonds is 5. The van der Waals surface area contributed by atoms with E-state index in [1.165, 1.54) is 12.1 Å². The lowest BCUT2D eigenvalue weighted by Gasteiger charge is -2.33. The molecule has 1 aromatic carbocycles. The zero-order valence-electron chi connectivity index (χ0n) is 11.6. The molecule has 0 bridgehead atoms. The molecule has 1 saturated carbocycles. The van der Waals surface area contributed by atoms with Crippen LogP contribution in [0.15, 0.2) is 24.3 Å². The van der Waals surface area contributed by atoms with E-state index in [1.54, 1.807) is 12.1 Å². The molecule has 1 fully saturated rings. The Balaban J connectivity index is 2.14. The van der Waals surface area contributed by atoms with Crippen LogP contribution < -0.4 is 10.5 Å². The van der Waals surface area contributed by atoms with Gasteiger partial charge in [-0.15, -0.1) is 0 Å². The molecule has 0 saturated heterocycles. The van der Waals surface area contributed by atoms with Gasteiger partial charge >= 0.3 is 6.61 Å². The Morgan fingerprint density at radius 1 is 1.40 bits per heavy atom. The fraction of sp³-hybridized carbons (Fsp3) is 0.600. The van der Waals surface area contributed by atoms with Crippen LogP contribution in [0.1, 0.15) is 37.9 Å². The maximum absolute atomic E-state index is 12.1. The molecule has 1 aliphatic rings. The predicted molar refractivity (Wildman–Crippen MR) is 72.5 cm³/mol. The third-order valence-electron chi connectivity index (χ3n) is 4.30. The zero-order valence-corrected chi connectivity index (χ0v) is 11.6. The molecule has 3 nitrogen and oxygen atoms in total. The van der Waals surface area contributed by atoms with Crippen molar-refractivity contribution in [3.8, 4) is 5.75 Å². The smallest absolute Gasteiger partial charge is 0.387 e. The number of halogens is 2. The number of hydrogen-bond donors (Lipinski definition) is 2. The van der Waals surface area contributed by atoms with E-state index in [0.29, 0.717) is 18.0 Å². The Morgan fingerprint density at radius 3 is 2.50 bits per heavy atom. The average Bonchev–Trinajstić information content (AvgIpc) is 2.81. The minimum absolute atomic E-state index is 0.0949. The molecule has 3 atom stereocenters. The van der Waals surface area contributed by atoms with Gasteiger partial charge in [0.05, 0.1) is 6.10 Å². The van der Waals surface area contributed by atoms with Crippen molar-refractivity contribution >= 4 is 0 Å². The quantitative estimate of drug-likeness (QED) is 0.874. The monoisotopic (exact) mass is 285 g/mol. The van der Waals surface area contributed by atoms with Crippen molar-refractivity contribution in [2.24, 2.45) is 17.1 Å². The highest BCUT2D eigenvalue weighted by Gasteiger charge is 2.42. The fourth-order valence-electron chi connectivity index (χ4n) is 3.16. The van der Waals surface area contributed by atoms with E-state index >= 15 is 0 Å². The summed E-state index contributed by atoms with van der Waals surface area (Å²) in [6.07, 6.45) is 2.17. The van der Waals surface area contributed by atoms with Crippen LogP contribution in [0.25, 0.3) is 0 Å². The fourth-order valence-corrected chi connectivity index (χ4v) is 3.16. The molecule has 0 aliphatic heterocycles. The summed E-state index contributed by atoms with van der Waals surface area (Å²) in [6.45, 7) is -0.255. The minimum Gasteiger partial charge on any atom is -0.435 e. The van der Waals surface area contributed by atoms with Crippen molar-refractivity contribution in [1.29, 1.82) is 0 Å². The van der Waals surface area contributed by atoms with Crippen LogP contribution in [0, 0.1) is 11.3 Å². The van der Waals surface area contributed by atoms with Crippen molar-refractivity contribution < 1.29 is 18.6 Å². The van der Waals surface area contributed by atoms with Crippen LogP contribution >= 0.6 is 0 Å². The van der Waals surface area contributed by atoms with Crippen LogP contribution in [0.2, 0.25) is 0 Å². The van der Waals surface area contributed by atoms with Gasteiger partial charge in [0.1, 0.15) is 5.75 Å². The maximum Gasteiger partial charge on any atom is 0.387 e. The number of aliphatic hydroxyl groups is 1. The number of alkyl halides is 2. The zero-order chi connectivity index (χ0) is 14.8.